The van der Waals surface area contributed by atoms with Gasteiger partial charge in [0.2, 0.25) is 41.1 Å². The first kappa shape index (κ1) is 56.4. The number of hydrogen-bond donors (Lipinski definition) is 15. The summed E-state index contributed by atoms with van der Waals surface area (Å²) >= 11 is 13.7. The summed E-state index contributed by atoms with van der Waals surface area (Å²) in [6.45, 7) is 0. The first-order chi connectivity index (χ1) is 40.5. The van der Waals surface area contributed by atoms with Crippen molar-refractivity contribution in [1.82, 2.24) is 0 Å². The number of fused-ring (bicyclic) bond motifs is 12. The molecular weight excluding hydrogens is 1150 g/mol. The Hall–Kier alpha value is -10.5. The van der Waals surface area contributed by atoms with E-state index in [1.165, 1.54) is 54.6 Å². The predicted octanol–water partition coefficient (Wildman–Crippen LogP) is 10.0. The van der Waals surface area contributed by atoms with Crippen LogP contribution in [0.4, 0.5) is 0 Å². The number of aliphatic imine (C=N–C) groups is 6. The van der Waals surface area contributed by atoms with Gasteiger partial charge in [-0.3, -0.25) is 0 Å². The van der Waals surface area contributed by atoms with Crippen LogP contribution >= 0.6 is 23.2 Å². The summed E-state index contributed by atoms with van der Waals surface area (Å²) < 4.78 is 18.5. The fraction of sp³-hybridized carbons (Fsp3) is 0.155. The number of halogens is 2. The van der Waals surface area contributed by atoms with E-state index in [0.717, 1.165) is 60.7 Å². The minimum absolute atomic E-state index is 0.102. The zero-order valence-corrected chi connectivity index (χ0v) is 44.7. The number of carboxylic acid groups (broad SMARTS) is 1. The van der Waals surface area contributed by atoms with Gasteiger partial charge in [0.05, 0.1) is 10.0 Å². The Bertz CT molecular complexity index is 4130. The quantitative estimate of drug-likeness (QED) is 0.0726. The monoisotopic (exact) mass is 1200 g/mol. The lowest BCUT2D eigenvalue weighted by molar-refractivity contribution is -0.138. The highest BCUT2D eigenvalue weighted by Crippen LogP contribution is 2.49. The highest BCUT2D eigenvalue weighted by atomic mass is 35.5. The zero-order chi connectivity index (χ0) is 60.4. The van der Waals surface area contributed by atoms with Gasteiger partial charge in [-0.1, -0.05) is 47.5 Å². The van der Waals surface area contributed by atoms with Gasteiger partial charge >= 0.3 is 5.97 Å². The van der Waals surface area contributed by atoms with Gasteiger partial charge in [0.1, 0.15) is 58.4 Å². The highest BCUT2D eigenvalue weighted by molar-refractivity contribution is 6.32. The van der Waals surface area contributed by atoms with Crippen LogP contribution in [0.3, 0.4) is 0 Å². The highest BCUT2D eigenvalue weighted by Gasteiger charge is 2.37. The smallest absolute Gasteiger partial charge is 0.333 e. The third kappa shape index (κ3) is 10.9. The van der Waals surface area contributed by atoms with Gasteiger partial charge in [-0.2, -0.15) is 0 Å². The Morgan fingerprint density at radius 2 is 1.06 bits per heavy atom. The average molecular weight is 1200 g/mol. The first-order valence-corrected chi connectivity index (χ1v) is 26.0. The minimum atomic E-state index is -2.23. The molecule has 85 heavy (non-hydrogen) atoms. The summed E-state index contributed by atoms with van der Waals surface area (Å²) in [7, 11) is 0. The molecule has 13 rings (SSSR count). The molecule has 0 saturated carbocycles. The predicted molar refractivity (Wildman–Crippen MR) is 306 cm³/mol. The molecular formula is C58H45Cl2N7O18. The van der Waals surface area contributed by atoms with Crippen LogP contribution in [-0.4, -0.2) is 125 Å². The minimum Gasteiger partial charge on any atom is -0.508 e. The lowest BCUT2D eigenvalue weighted by Gasteiger charge is -2.25. The Morgan fingerprint density at radius 3 is 1.73 bits per heavy atom. The number of benzene rings is 7. The number of carboxylic acids is 1. The molecule has 27 heteroatoms. The molecule has 0 aliphatic carbocycles. The number of rotatable bonds is 1. The average Bonchev–Trinajstić information content (AvgIpc) is 3.65. The van der Waals surface area contributed by atoms with Crippen LogP contribution in [-0.2, 0) is 11.2 Å². The van der Waals surface area contributed by atoms with Gasteiger partial charge in [-0.15, -0.1) is 0 Å². The van der Waals surface area contributed by atoms with Crippen LogP contribution in [0, 0.1) is 0 Å². The standard InChI is InChI=1S/C58H45Cl2N7O18/c59-32-9-21-1-7-38(32)84-41-16-26-17-42(51(41)74)85-39-8-4-24(14-33(39)60)50(73)49-57(80)66-48(58(81)82)31-19-28(69)20-37(72)43(31)30-13-23(3-5-35(30)70)45(54(77)67-49)64-56(79)47(26)65-55(78)46-25-11-27(68)18-29(12-25)83-40-15-22(2-6-36(40)71)44(61)53(76)62-34(10-21)52(75)63-46/h1-9,11-20,34,44-50,68-74H,10,61H2,(H,62,76)(H,63,75)(H,64,79)(H,65,78)(H,66,80)(H,67,77)(H,81,82). The summed E-state index contributed by atoms with van der Waals surface area (Å²) in [4.78, 5) is 39.0. The molecule has 8 atom stereocenters. The Kier molecular flexibility index (Phi) is 14.6. The van der Waals surface area contributed by atoms with E-state index in [-0.39, 0.29) is 72.8 Å². The topological polar surface area (TPSA) is 428 Å². The van der Waals surface area contributed by atoms with Crippen molar-refractivity contribution in [1.29, 1.82) is 0 Å². The molecule has 0 saturated heterocycles. The van der Waals surface area contributed by atoms with Crippen molar-refractivity contribution in [3.05, 3.63) is 164 Å². The number of carbonyl (C=O) groups is 1. The number of aliphatic carboxylic acids is 1. The van der Waals surface area contributed by atoms with E-state index in [0.29, 0.717) is 5.56 Å². The lowest BCUT2D eigenvalue weighted by Crippen LogP contribution is -2.31. The zero-order valence-electron chi connectivity index (χ0n) is 43.2. The number of nitrogens with two attached hydrogens (primary N) is 1. The van der Waals surface area contributed by atoms with Crippen LogP contribution in [0.5, 0.6) is 69.0 Å². The van der Waals surface area contributed by atoms with Gasteiger partial charge in [0.25, 0.3) is 0 Å². The number of phenols is 6. The van der Waals surface area contributed by atoms with Crippen LogP contribution in [0.25, 0.3) is 11.1 Å². The van der Waals surface area contributed by atoms with Crippen molar-refractivity contribution in [2.75, 3.05) is 0 Å². The fourth-order valence-corrected chi connectivity index (χ4v) is 10.4. The lowest BCUT2D eigenvalue weighted by atomic mass is 9.90. The molecule has 0 radical (unpaired) electrons. The maximum atomic E-state index is 13.1. The SMILES string of the molecule is NC1C(O)=NC2Cc3ccc(c(Cl)c3)Oc3cc4cc(c3O)Oc3ccc(cc3Cl)C(O)C3N=C(O)C(N=C(O)C4N=C(O)C(N=C2O)c2cc(O)cc(c2)Oc2cc1ccc2O)c1ccc(O)c(c1)-c1c(O)cc(O)cc1C(C(=O)O)N=C3O. The molecule has 0 spiro atoms. The number of aromatic hydroxyl groups is 6. The van der Waals surface area contributed by atoms with Gasteiger partial charge in [-0.05, 0) is 112 Å². The van der Waals surface area contributed by atoms with Crippen LogP contribution in [0.1, 0.15) is 75.3 Å². The van der Waals surface area contributed by atoms with Crippen molar-refractivity contribution in [2.45, 2.75) is 54.8 Å². The Morgan fingerprint density at radius 1 is 0.482 bits per heavy atom. The fourth-order valence-electron chi connectivity index (χ4n) is 9.92. The number of aliphatic hydroxyl groups excluding tert-OH is 7. The molecule has 0 aromatic heterocycles. The van der Waals surface area contributed by atoms with Crippen LogP contribution < -0.4 is 19.9 Å². The van der Waals surface area contributed by atoms with Crippen LogP contribution in [0.2, 0.25) is 10.0 Å². The second-order valence-electron chi connectivity index (χ2n) is 19.8. The molecule has 0 amide bonds. The van der Waals surface area contributed by atoms with Crippen molar-refractivity contribution in [3.63, 3.8) is 0 Å². The normalized spacial score (nSPS) is 22.0. The third-order valence-electron chi connectivity index (χ3n) is 14.1. The summed E-state index contributed by atoms with van der Waals surface area (Å²) in [5.74, 6) is -13.8. The third-order valence-corrected chi connectivity index (χ3v) is 14.7. The molecule has 16 N–H and O–H groups in total. The molecule has 6 aliphatic heterocycles. The molecule has 7 aromatic carbocycles. The first-order valence-electron chi connectivity index (χ1n) is 25.3. The Balaban J connectivity index is 1.22. The summed E-state index contributed by atoms with van der Waals surface area (Å²) in [5.41, 5.74) is 4.70. The van der Waals surface area contributed by atoms with E-state index < -0.39 is 147 Å². The number of nitrogens with zero attached hydrogens (tertiary/aromatic N) is 6. The molecule has 17 bridgehead atoms. The summed E-state index contributed by atoms with van der Waals surface area (Å²) in [6, 6.07) is 8.75. The van der Waals surface area contributed by atoms with Crippen molar-refractivity contribution < 1.29 is 90.5 Å². The van der Waals surface area contributed by atoms with E-state index >= 15 is 0 Å². The number of aliphatic hydroxyl groups is 7. The number of ether oxygens (including phenoxy) is 3. The second-order valence-corrected chi connectivity index (χ2v) is 20.6. The van der Waals surface area contributed by atoms with Crippen molar-refractivity contribution in [3.8, 4) is 80.1 Å². The Labute approximate surface area is 488 Å². The molecule has 6 heterocycles. The molecule has 0 fully saturated rings. The molecule has 7 aromatic rings. The summed E-state index contributed by atoms with van der Waals surface area (Å²) in [5, 5.41) is 163. The van der Waals surface area contributed by atoms with Crippen molar-refractivity contribution >= 4 is 64.6 Å². The van der Waals surface area contributed by atoms with E-state index in [2.05, 4.69) is 30.0 Å². The van der Waals surface area contributed by atoms with E-state index in [1.807, 2.05) is 0 Å². The van der Waals surface area contributed by atoms with Gasteiger partial charge in [0, 0.05) is 35.2 Å². The maximum absolute atomic E-state index is 13.1. The second kappa shape index (κ2) is 22.0. The van der Waals surface area contributed by atoms with Gasteiger partial charge < -0.3 is 91.4 Å². The van der Waals surface area contributed by atoms with E-state index in [1.54, 1.807) is 0 Å². The number of phenolic OH excluding ortho intramolecular Hbond substituents is 6. The van der Waals surface area contributed by atoms with Gasteiger partial charge in [-0.25, -0.2) is 34.7 Å². The molecule has 8 unspecified atom stereocenters. The van der Waals surface area contributed by atoms with Crippen LogP contribution in [0.15, 0.2) is 145 Å². The molecule has 6 aliphatic rings. The maximum Gasteiger partial charge on any atom is 0.333 e. The molecule has 434 valence electrons. The molecule has 25 nitrogen and oxygen atoms in total. The van der Waals surface area contributed by atoms with Crippen molar-refractivity contribution in [2.24, 2.45) is 35.7 Å². The largest absolute Gasteiger partial charge is 0.508 e. The number of hydrogen-bond acceptors (Lipinski definition) is 18. The van der Waals surface area contributed by atoms with E-state index in [9.17, 15) is 76.3 Å². The van der Waals surface area contributed by atoms with Gasteiger partial charge in [0.15, 0.2) is 53.2 Å². The van der Waals surface area contributed by atoms with E-state index in [4.69, 9.17) is 43.1 Å². The summed E-state index contributed by atoms with van der Waals surface area (Å²) in [6.07, 6.45) is -2.41.